The molecule has 1 N–H and O–H groups in total. The number of nitrogens with zero attached hydrogens (tertiary/aromatic N) is 3. The number of thiazole rings is 1. The summed E-state index contributed by atoms with van der Waals surface area (Å²) in [7, 11) is 0. The predicted octanol–water partition coefficient (Wildman–Crippen LogP) is 2.35. The highest BCUT2D eigenvalue weighted by Gasteiger charge is 2.27. The van der Waals surface area contributed by atoms with Crippen LogP contribution in [-0.2, 0) is 0 Å². The maximum Gasteiger partial charge on any atom is 0.272 e. The van der Waals surface area contributed by atoms with E-state index in [0.717, 1.165) is 29.1 Å². The minimum Gasteiger partial charge on any atom is -0.348 e. The molecule has 0 atom stereocenters. The molecule has 0 bridgehead atoms. The smallest absolute Gasteiger partial charge is 0.272 e. The van der Waals surface area contributed by atoms with Gasteiger partial charge in [0, 0.05) is 35.6 Å². The first-order valence-electron chi connectivity index (χ1n) is 6.50. The van der Waals surface area contributed by atoms with Gasteiger partial charge in [-0.05, 0) is 25.0 Å². The zero-order valence-corrected chi connectivity index (χ0v) is 11.4. The zero-order valence-electron chi connectivity index (χ0n) is 10.6. The molecule has 3 aromatic rings. The molecule has 1 aliphatic rings. The van der Waals surface area contributed by atoms with Crippen molar-refractivity contribution in [3.63, 3.8) is 0 Å². The molecular weight excluding hydrogens is 272 g/mol. The van der Waals surface area contributed by atoms with Crippen LogP contribution in [0.4, 0.5) is 0 Å². The van der Waals surface area contributed by atoms with Gasteiger partial charge in [-0.2, -0.15) is 0 Å². The number of rotatable bonds is 3. The van der Waals surface area contributed by atoms with Crippen LogP contribution < -0.4 is 5.32 Å². The lowest BCUT2D eigenvalue weighted by atomic mass is 10.1. The van der Waals surface area contributed by atoms with Crippen LogP contribution in [0.25, 0.3) is 16.2 Å². The fourth-order valence-corrected chi connectivity index (χ4v) is 2.93. The average Bonchev–Trinajstić information content (AvgIpc) is 3.03. The third-order valence-corrected chi connectivity index (χ3v) is 4.10. The molecule has 0 radical (unpaired) electrons. The van der Waals surface area contributed by atoms with E-state index in [-0.39, 0.29) is 5.91 Å². The molecule has 0 unspecified atom stereocenters. The summed E-state index contributed by atoms with van der Waals surface area (Å²) in [6.45, 7) is 0. The van der Waals surface area contributed by atoms with Gasteiger partial charge in [-0.15, -0.1) is 11.3 Å². The summed E-state index contributed by atoms with van der Waals surface area (Å²) in [4.78, 5) is 21.7. The van der Waals surface area contributed by atoms with E-state index in [1.807, 2.05) is 28.1 Å². The molecule has 4 rings (SSSR count). The molecule has 3 heterocycles. The van der Waals surface area contributed by atoms with E-state index in [9.17, 15) is 4.79 Å². The number of pyridine rings is 1. The molecule has 3 aromatic heterocycles. The summed E-state index contributed by atoms with van der Waals surface area (Å²) in [5.41, 5.74) is 2.28. The Labute approximate surface area is 119 Å². The number of amides is 1. The Morgan fingerprint density at radius 3 is 2.90 bits per heavy atom. The third-order valence-electron chi connectivity index (χ3n) is 3.34. The molecule has 0 saturated heterocycles. The van der Waals surface area contributed by atoms with Gasteiger partial charge in [-0.1, -0.05) is 0 Å². The van der Waals surface area contributed by atoms with Crippen LogP contribution in [-0.4, -0.2) is 26.3 Å². The number of hydrogen-bond donors (Lipinski definition) is 1. The van der Waals surface area contributed by atoms with Gasteiger partial charge < -0.3 is 5.32 Å². The second-order valence-electron chi connectivity index (χ2n) is 4.85. The molecular formula is C14H12N4OS. The van der Waals surface area contributed by atoms with Gasteiger partial charge >= 0.3 is 0 Å². The average molecular weight is 284 g/mol. The van der Waals surface area contributed by atoms with Crippen LogP contribution in [0.15, 0.2) is 36.1 Å². The first-order valence-corrected chi connectivity index (χ1v) is 7.38. The molecule has 6 heteroatoms. The van der Waals surface area contributed by atoms with E-state index in [4.69, 9.17) is 0 Å². The van der Waals surface area contributed by atoms with Crippen LogP contribution in [0, 0.1) is 0 Å². The van der Waals surface area contributed by atoms with E-state index in [0.29, 0.717) is 11.7 Å². The molecule has 100 valence electrons. The third kappa shape index (κ3) is 1.89. The molecule has 20 heavy (non-hydrogen) atoms. The van der Waals surface area contributed by atoms with Crippen molar-refractivity contribution in [2.45, 2.75) is 18.9 Å². The lowest BCUT2D eigenvalue weighted by Crippen LogP contribution is -2.26. The molecule has 0 aromatic carbocycles. The minimum atomic E-state index is -0.0878. The highest BCUT2D eigenvalue weighted by atomic mass is 32.1. The van der Waals surface area contributed by atoms with Crippen molar-refractivity contribution in [3.05, 3.63) is 41.8 Å². The van der Waals surface area contributed by atoms with E-state index in [2.05, 4.69) is 15.3 Å². The highest BCUT2D eigenvalue weighted by Crippen LogP contribution is 2.28. The van der Waals surface area contributed by atoms with E-state index in [1.165, 1.54) is 11.3 Å². The summed E-state index contributed by atoms with van der Waals surface area (Å²) >= 11 is 1.53. The number of nitrogens with one attached hydrogen (secondary N) is 1. The first kappa shape index (κ1) is 11.6. The molecule has 5 nitrogen and oxygen atoms in total. The summed E-state index contributed by atoms with van der Waals surface area (Å²) in [6, 6.07) is 4.12. The highest BCUT2D eigenvalue weighted by molar-refractivity contribution is 7.15. The van der Waals surface area contributed by atoms with Gasteiger partial charge in [0.05, 0.1) is 5.69 Å². The van der Waals surface area contributed by atoms with Gasteiger partial charge in [-0.3, -0.25) is 14.2 Å². The Kier molecular flexibility index (Phi) is 2.56. The Balaban J connectivity index is 1.87. The molecule has 0 aliphatic heterocycles. The largest absolute Gasteiger partial charge is 0.348 e. The SMILES string of the molecule is O=C(NC1CC1)c1nc2sccn2c1-c1ccncc1. The van der Waals surface area contributed by atoms with Crippen LogP contribution in [0.5, 0.6) is 0 Å². The van der Waals surface area contributed by atoms with Crippen molar-refractivity contribution in [2.24, 2.45) is 0 Å². The minimum absolute atomic E-state index is 0.0878. The predicted molar refractivity (Wildman–Crippen MR) is 76.8 cm³/mol. The zero-order chi connectivity index (χ0) is 13.5. The van der Waals surface area contributed by atoms with Crippen LogP contribution in [0.2, 0.25) is 0 Å². The molecule has 1 saturated carbocycles. The molecule has 0 spiro atoms. The van der Waals surface area contributed by atoms with Crippen molar-refractivity contribution >= 4 is 22.2 Å². The quantitative estimate of drug-likeness (QED) is 0.803. The number of fused-ring (bicyclic) bond motifs is 1. The van der Waals surface area contributed by atoms with Gasteiger partial charge in [0.2, 0.25) is 0 Å². The van der Waals surface area contributed by atoms with Crippen LogP contribution in [0.3, 0.4) is 0 Å². The number of imidazole rings is 1. The van der Waals surface area contributed by atoms with Crippen molar-refractivity contribution in [3.8, 4) is 11.3 Å². The lowest BCUT2D eigenvalue weighted by molar-refractivity contribution is 0.0947. The van der Waals surface area contributed by atoms with Gasteiger partial charge in [0.25, 0.3) is 5.91 Å². The summed E-state index contributed by atoms with van der Waals surface area (Å²) in [6.07, 6.45) is 7.53. The maximum atomic E-state index is 12.4. The Hall–Kier alpha value is -2.21. The monoisotopic (exact) mass is 284 g/mol. The van der Waals surface area contributed by atoms with Crippen LogP contribution >= 0.6 is 11.3 Å². The van der Waals surface area contributed by atoms with Gasteiger partial charge in [-0.25, -0.2) is 4.98 Å². The molecule has 1 amide bonds. The first-order chi connectivity index (χ1) is 9.83. The summed E-state index contributed by atoms with van der Waals surface area (Å²) in [5.74, 6) is -0.0878. The Bertz CT molecular complexity index is 773. The number of carbonyl (C=O) groups is 1. The van der Waals surface area contributed by atoms with Crippen LogP contribution in [0.1, 0.15) is 23.3 Å². The van der Waals surface area contributed by atoms with Crippen molar-refractivity contribution in [2.75, 3.05) is 0 Å². The van der Waals surface area contributed by atoms with Crippen molar-refractivity contribution in [1.29, 1.82) is 0 Å². The topological polar surface area (TPSA) is 59.3 Å². The second-order valence-corrected chi connectivity index (χ2v) is 5.72. The molecule has 1 fully saturated rings. The number of carbonyl (C=O) groups excluding carboxylic acids is 1. The van der Waals surface area contributed by atoms with E-state index >= 15 is 0 Å². The van der Waals surface area contributed by atoms with Crippen molar-refractivity contribution < 1.29 is 4.79 Å². The molecule has 1 aliphatic carbocycles. The number of aromatic nitrogens is 3. The normalized spacial score (nSPS) is 14.6. The Morgan fingerprint density at radius 2 is 2.15 bits per heavy atom. The van der Waals surface area contributed by atoms with E-state index < -0.39 is 0 Å². The fraction of sp³-hybridized carbons (Fsp3) is 0.214. The number of hydrogen-bond acceptors (Lipinski definition) is 4. The maximum absolute atomic E-state index is 12.4. The lowest BCUT2D eigenvalue weighted by Gasteiger charge is -2.04. The second kappa shape index (κ2) is 4.42. The van der Waals surface area contributed by atoms with Crippen molar-refractivity contribution in [1.82, 2.24) is 19.7 Å². The van der Waals surface area contributed by atoms with Gasteiger partial charge in [0.15, 0.2) is 10.7 Å². The fourth-order valence-electron chi connectivity index (χ4n) is 2.21. The standard InChI is InChI=1S/C14H12N4OS/c19-13(16-10-1-2-10)11-12(9-3-5-15-6-4-9)18-7-8-20-14(18)17-11/h3-8,10H,1-2H2,(H,16,19). The summed E-state index contributed by atoms with van der Waals surface area (Å²) < 4.78 is 1.96. The Morgan fingerprint density at radius 1 is 1.35 bits per heavy atom. The van der Waals surface area contributed by atoms with E-state index in [1.54, 1.807) is 12.4 Å². The van der Waals surface area contributed by atoms with Gasteiger partial charge in [0.1, 0.15) is 0 Å². The summed E-state index contributed by atoms with van der Waals surface area (Å²) in [5, 5.41) is 4.97.